The number of Topliss-reactive ketones (excluding diaryl/α,β-unsaturated/α-hetero) is 1. The maximum absolute atomic E-state index is 13.4. The quantitative estimate of drug-likeness (QED) is 0.0386. The van der Waals surface area contributed by atoms with Crippen LogP contribution in [0.2, 0.25) is 0 Å². The number of nitrogens with zero attached hydrogens (tertiary/aromatic N) is 7. The molecule has 1 fully saturated rings. The Hall–Kier alpha value is -6.76. The Morgan fingerprint density at radius 1 is 0.739 bits per heavy atom. The molecule has 1 saturated heterocycles. The zero-order chi connectivity index (χ0) is 48.0. The summed E-state index contributed by atoms with van der Waals surface area (Å²) in [5, 5.41) is 12.1. The van der Waals surface area contributed by atoms with Crippen molar-refractivity contribution in [3.05, 3.63) is 165 Å². The van der Waals surface area contributed by atoms with Crippen LogP contribution in [-0.4, -0.2) is 124 Å². The fourth-order valence-electron chi connectivity index (χ4n) is 8.01. The van der Waals surface area contributed by atoms with Gasteiger partial charge in [-0.2, -0.15) is 0 Å². The van der Waals surface area contributed by atoms with Crippen molar-refractivity contribution in [2.24, 2.45) is 0 Å². The van der Waals surface area contributed by atoms with Gasteiger partial charge in [-0.1, -0.05) is 42.5 Å². The minimum Gasteiger partial charge on any atom is -0.378 e. The van der Waals surface area contributed by atoms with Crippen molar-refractivity contribution >= 4 is 58.4 Å². The van der Waals surface area contributed by atoms with Crippen LogP contribution in [0.1, 0.15) is 64.2 Å². The minimum absolute atomic E-state index is 0.0623. The summed E-state index contributed by atoms with van der Waals surface area (Å²) >= 11 is 6.07. The molecule has 1 aliphatic heterocycles. The first-order valence-electron chi connectivity index (χ1n) is 22.9. The molecule has 1 aliphatic rings. The Morgan fingerprint density at radius 3 is 2.28 bits per heavy atom. The molecule has 17 heteroatoms. The Morgan fingerprint density at radius 2 is 1.49 bits per heavy atom. The molecule has 4 aromatic heterocycles. The summed E-state index contributed by atoms with van der Waals surface area (Å²) < 4.78 is 5.66. The number of amides is 3. The monoisotopic (exact) mass is 962 g/mol. The van der Waals surface area contributed by atoms with Gasteiger partial charge in [-0.3, -0.25) is 38.9 Å². The number of aromatic nitrogens is 5. The zero-order valence-electron chi connectivity index (χ0n) is 38.4. The summed E-state index contributed by atoms with van der Waals surface area (Å²) in [5.41, 5.74) is 8.13. The number of hydrogen-bond acceptors (Lipinski definition) is 14. The first-order chi connectivity index (χ1) is 33.6. The molecule has 3 amide bonds. The highest BCUT2D eigenvalue weighted by Gasteiger charge is 2.20. The van der Waals surface area contributed by atoms with Crippen LogP contribution in [0.4, 0.5) is 0 Å². The number of ketones is 1. The normalized spacial score (nSPS) is 13.0. The number of nitrogens with one attached hydrogen (secondary N) is 3. The third-order valence-corrected chi connectivity index (χ3v) is 13.0. The predicted molar refractivity (Wildman–Crippen MR) is 269 cm³/mol. The Balaban J connectivity index is 0.693. The fourth-order valence-corrected chi connectivity index (χ4v) is 8.96. The SMILES string of the molecule is Cc1ccc(CC(=O)c2ccc(CN3CCN(CC(=O)NCCOCCNC(=O)c4cc(S)c5ncc(C(=O)NCCc6nccs6)cc5c4)CC3)cc2)cc1Cc1nccc(-c2cccnc2)n1. The van der Waals surface area contributed by atoms with Gasteiger partial charge in [0.2, 0.25) is 5.91 Å². The summed E-state index contributed by atoms with van der Waals surface area (Å²) in [7, 11) is 0. The van der Waals surface area contributed by atoms with Gasteiger partial charge in [-0.05, 0) is 65.6 Å². The number of hydrogen-bond donors (Lipinski definition) is 4. The molecule has 0 saturated carbocycles. The third-order valence-electron chi connectivity index (χ3n) is 11.8. The summed E-state index contributed by atoms with van der Waals surface area (Å²) in [6.07, 6.45) is 10.1. The lowest BCUT2D eigenvalue weighted by atomic mass is 9.97. The highest BCUT2D eigenvalue weighted by atomic mass is 32.1. The zero-order valence-corrected chi connectivity index (χ0v) is 40.1. The van der Waals surface area contributed by atoms with E-state index in [4.69, 9.17) is 9.72 Å². The molecule has 8 rings (SSSR count). The minimum atomic E-state index is -0.301. The molecule has 0 spiro atoms. The van der Waals surface area contributed by atoms with Crippen molar-refractivity contribution in [1.82, 2.24) is 50.7 Å². The number of thiazole rings is 1. The standard InChI is InChI=1S/C52H54N10O5S2/c1-35-4-5-37(25-40(35)30-47-54-13-10-44(60-47)39-3-2-12-53-31-39)26-45(63)38-8-6-36(7-9-38)33-61-18-20-62(21-19-61)34-48(64)55-15-22-67-23-16-58-51(65)42-27-41-28-43(32-59-50(41)46(68)29-42)52(66)57-14-11-49-56-17-24-69-49/h2-10,12-13,17,24-25,27-29,31-32,68H,11,14-16,18-23,26,30,33-34H2,1H3,(H,55,64)(H,57,66)(H,58,65). The van der Waals surface area contributed by atoms with Gasteiger partial charge in [0.15, 0.2) is 5.78 Å². The van der Waals surface area contributed by atoms with Crippen molar-refractivity contribution in [1.29, 1.82) is 0 Å². The van der Waals surface area contributed by atoms with E-state index in [1.54, 1.807) is 54.3 Å². The molecule has 3 aromatic carbocycles. The second-order valence-electron chi connectivity index (χ2n) is 16.8. The number of benzene rings is 3. The van der Waals surface area contributed by atoms with E-state index in [1.165, 1.54) is 6.20 Å². The summed E-state index contributed by atoms with van der Waals surface area (Å²) in [5.74, 6) is 0.162. The molecule has 0 radical (unpaired) electrons. The van der Waals surface area contributed by atoms with E-state index in [9.17, 15) is 19.2 Å². The van der Waals surface area contributed by atoms with Gasteiger partial charge in [0.05, 0.1) is 41.5 Å². The summed E-state index contributed by atoms with van der Waals surface area (Å²) in [6.45, 7) is 8.01. The summed E-state index contributed by atoms with van der Waals surface area (Å²) in [6, 6.07) is 24.9. The highest BCUT2D eigenvalue weighted by molar-refractivity contribution is 7.80. The van der Waals surface area contributed by atoms with Gasteiger partial charge in [0.1, 0.15) is 5.82 Å². The van der Waals surface area contributed by atoms with Crippen molar-refractivity contribution < 1.29 is 23.9 Å². The maximum Gasteiger partial charge on any atom is 0.252 e. The van der Waals surface area contributed by atoms with E-state index >= 15 is 0 Å². The molecule has 3 N–H and O–H groups in total. The van der Waals surface area contributed by atoms with Crippen LogP contribution in [0.25, 0.3) is 22.2 Å². The van der Waals surface area contributed by atoms with E-state index in [-0.39, 0.29) is 36.7 Å². The Labute approximate surface area is 410 Å². The number of thiol groups is 1. The number of piperazine rings is 1. The molecule has 0 aliphatic carbocycles. The van der Waals surface area contributed by atoms with Crippen LogP contribution < -0.4 is 16.0 Å². The van der Waals surface area contributed by atoms with E-state index in [0.717, 1.165) is 71.2 Å². The van der Waals surface area contributed by atoms with Crippen LogP contribution in [0, 0.1) is 6.92 Å². The summed E-state index contributed by atoms with van der Waals surface area (Å²) in [4.78, 5) is 79.0. The Bertz CT molecular complexity index is 2880. The first-order valence-corrected chi connectivity index (χ1v) is 24.3. The average Bonchev–Trinajstić information content (AvgIpc) is 3.89. The van der Waals surface area contributed by atoms with E-state index in [1.807, 2.05) is 53.9 Å². The lowest BCUT2D eigenvalue weighted by Crippen LogP contribution is -2.49. The topological polar surface area (TPSA) is 185 Å². The predicted octanol–water partition coefficient (Wildman–Crippen LogP) is 5.81. The van der Waals surface area contributed by atoms with Crippen LogP contribution in [-0.2, 0) is 35.3 Å². The van der Waals surface area contributed by atoms with Gasteiger partial charge in [-0.15, -0.1) is 24.0 Å². The van der Waals surface area contributed by atoms with Crippen molar-refractivity contribution in [3.8, 4) is 11.3 Å². The number of carbonyl (C=O) groups excluding carboxylic acids is 4. The lowest BCUT2D eigenvalue weighted by molar-refractivity contribution is -0.122. The smallest absolute Gasteiger partial charge is 0.252 e. The molecule has 0 bridgehead atoms. The third kappa shape index (κ3) is 13.9. The van der Waals surface area contributed by atoms with Crippen molar-refractivity contribution in [2.45, 2.75) is 37.6 Å². The molecule has 7 aromatic rings. The number of pyridine rings is 2. The number of ether oxygens (including phenoxy) is 1. The molecule has 15 nitrogen and oxygen atoms in total. The molecule has 0 unspecified atom stereocenters. The van der Waals surface area contributed by atoms with Crippen molar-refractivity contribution in [2.75, 3.05) is 65.6 Å². The molecule has 69 heavy (non-hydrogen) atoms. The van der Waals surface area contributed by atoms with E-state index in [0.29, 0.717) is 83.8 Å². The van der Waals surface area contributed by atoms with Crippen LogP contribution in [0.15, 0.2) is 120 Å². The molecular weight excluding hydrogens is 909 g/mol. The lowest BCUT2D eigenvalue weighted by Gasteiger charge is -2.34. The number of rotatable bonds is 21. The average molecular weight is 963 g/mol. The molecule has 5 heterocycles. The van der Waals surface area contributed by atoms with E-state index in [2.05, 4.69) is 77.4 Å². The van der Waals surface area contributed by atoms with Gasteiger partial charge in [-0.25, -0.2) is 15.0 Å². The molecule has 0 atom stereocenters. The molecule has 354 valence electrons. The van der Waals surface area contributed by atoms with Gasteiger partial charge in [0, 0.05) is 135 Å². The van der Waals surface area contributed by atoms with Gasteiger partial charge < -0.3 is 20.7 Å². The van der Waals surface area contributed by atoms with E-state index < -0.39 is 0 Å². The maximum atomic E-state index is 13.4. The van der Waals surface area contributed by atoms with Crippen LogP contribution >= 0.6 is 24.0 Å². The van der Waals surface area contributed by atoms with Crippen molar-refractivity contribution in [3.63, 3.8) is 0 Å². The second-order valence-corrected chi connectivity index (χ2v) is 18.3. The first kappa shape index (κ1) is 48.7. The second kappa shape index (κ2) is 24.0. The van der Waals surface area contributed by atoms with Gasteiger partial charge in [0.25, 0.3) is 11.8 Å². The number of carbonyl (C=O) groups is 4. The molecular formula is C52H54N10O5S2. The fraction of sp³-hybridized carbons (Fsp3) is 0.288. The largest absolute Gasteiger partial charge is 0.378 e. The number of aryl methyl sites for hydroxylation is 1. The van der Waals surface area contributed by atoms with Crippen LogP contribution in [0.5, 0.6) is 0 Å². The van der Waals surface area contributed by atoms with Gasteiger partial charge >= 0.3 is 0 Å². The Kier molecular flexibility index (Phi) is 16.9. The number of fused-ring (bicyclic) bond motifs is 1. The van der Waals surface area contributed by atoms with Crippen LogP contribution in [0.3, 0.4) is 0 Å². The highest BCUT2D eigenvalue weighted by Crippen LogP contribution is 2.24.